The molecular formula is C9H11BFNO. The minimum atomic E-state index is -0.468. The Balaban J connectivity index is 3.04. The first-order valence-corrected chi connectivity index (χ1v) is 4.17. The maximum absolute atomic E-state index is 12.2. The van der Waals surface area contributed by atoms with E-state index in [1.54, 1.807) is 25.1 Å². The number of rotatable bonds is 3. The Bertz CT molecular complexity index is 316. The van der Waals surface area contributed by atoms with Gasteiger partial charge in [-0.1, -0.05) is 23.4 Å². The van der Waals surface area contributed by atoms with Gasteiger partial charge in [-0.25, -0.2) is 0 Å². The molecular weight excluding hydrogens is 168 g/mol. The van der Waals surface area contributed by atoms with E-state index in [1.807, 2.05) is 6.92 Å². The van der Waals surface area contributed by atoms with Crippen LogP contribution in [0.1, 0.15) is 24.1 Å². The minimum Gasteiger partial charge on any atom is -0.335 e. The van der Waals surface area contributed by atoms with Crippen molar-refractivity contribution < 1.29 is 4.32 Å². The van der Waals surface area contributed by atoms with E-state index in [1.165, 1.54) is 0 Å². The molecule has 0 aliphatic carbocycles. The molecule has 0 fully saturated rings. The number of hydrogen-bond donors (Lipinski definition) is 0. The summed E-state index contributed by atoms with van der Waals surface area (Å²) in [5.41, 5.74) is 2.42. The highest BCUT2D eigenvalue weighted by molar-refractivity contribution is 6.46. The molecule has 0 saturated carbocycles. The molecule has 0 aliphatic heterocycles. The quantitative estimate of drug-likeness (QED) is 0.513. The lowest BCUT2D eigenvalue weighted by Crippen LogP contribution is -2.10. The number of hydrogen-bond acceptors (Lipinski definition) is 2. The Labute approximate surface area is 77.4 Å². The standard InChI is InChI=1S/C9H11BFNO/c1-6-5-8(10-11)3-4-9(6)7(2)12-13/h3-5,7,10H,1-2H3. The molecule has 1 unspecified atom stereocenters. The summed E-state index contributed by atoms with van der Waals surface area (Å²) in [5.74, 6) is 0. The van der Waals surface area contributed by atoms with E-state index < -0.39 is 7.56 Å². The van der Waals surface area contributed by atoms with Crippen LogP contribution >= 0.6 is 0 Å². The molecule has 68 valence electrons. The number of nitroso groups, excluding NO2 is 1. The average Bonchev–Trinajstić information content (AvgIpc) is 2.16. The second-order valence-corrected chi connectivity index (χ2v) is 3.11. The molecule has 4 heteroatoms. The van der Waals surface area contributed by atoms with Crippen molar-refractivity contribution in [3.8, 4) is 0 Å². The molecule has 1 aromatic carbocycles. The molecule has 1 rings (SSSR count). The van der Waals surface area contributed by atoms with E-state index in [0.717, 1.165) is 11.1 Å². The molecule has 2 nitrogen and oxygen atoms in total. The van der Waals surface area contributed by atoms with Crippen LogP contribution in [0.25, 0.3) is 0 Å². The molecule has 0 heterocycles. The minimum absolute atomic E-state index is 0.353. The van der Waals surface area contributed by atoms with E-state index in [2.05, 4.69) is 5.18 Å². The lowest BCUT2D eigenvalue weighted by atomic mass is 9.87. The number of aryl methyl sites for hydroxylation is 1. The number of benzene rings is 1. The van der Waals surface area contributed by atoms with Crippen LogP contribution in [0.4, 0.5) is 4.32 Å². The van der Waals surface area contributed by atoms with Crippen molar-refractivity contribution in [1.82, 2.24) is 0 Å². The summed E-state index contributed by atoms with van der Waals surface area (Å²) in [6, 6.07) is 4.84. The van der Waals surface area contributed by atoms with Crippen LogP contribution in [0.3, 0.4) is 0 Å². The largest absolute Gasteiger partial charge is 0.364 e. The molecule has 0 aliphatic rings. The monoisotopic (exact) mass is 179 g/mol. The topological polar surface area (TPSA) is 29.4 Å². The van der Waals surface area contributed by atoms with Crippen LogP contribution in [-0.4, -0.2) is 7.56 Å². The SMILES string of the molecule is Cc1cc(BF)ccc1C(C)N=O. The highest BCUT2D eigenvalue weighted by Gasteiger charge is 2.08. The first-order valence-electron chi connectivity index (χ1n) is 4.17. The summed E-state index contributed by atoms with van der Waals surface area (Å²) in [5, 5.41) is 2.93. The van der Waals surface area contributed by atoms with E-state index in [9.17, 15) is 9.22 Å². The maximum atomic E-state index is 12.2. The maximum Gasteiger partial charge on any atom is 0.364 e. The van der Waals surface area contributed by atoms with Gasteiger partial charge in [-0.3, -0.25) is 0 Å². The molecule has 0 saturated heterocycles. The van der Waals surface area contributed by atoms with Crippen LogP contribution in [0.5, 0.6) is 0 Å². The third kappa shape index (κ3) is 2.14. The van der Waals surface area contributed by atoms with Gasteiger partial charge >= 0.3 is 7.56 Å². The van der Waals surface area contributed by atoms with Gasteiger partial charge in [-0.05, 0) is 30.4 Å². The average molecular weight is 179 g/mol. The fourth-order valence-corrected chi connectivity index (χ4v) is 1.35. The highest BCUT2D eigenvalue weighted by atomic mass is 19.1. The van der Waals surface area contributed by atoms with Crippen molar-refractivity contribution in [3.63, 3.8) is 0 Å². The first-order chi connectivity index (χ1) is 6.19. The second-order valence-electron chi connectivity index (χ2n) is 3.11. The van der Waals surface area contributed by atoms with Crippen molar-refractivity contribution in [2.75, 3.05) is 0 Å². The van der Waals surface area contributed by atoms with Crippen molar-refractivity contribution in [2.45, 2.75) is 19.9 Å². The van der Waals surface area contributed by atoms with Gasteiger partial charge in [0.1, 0.15) is 6.04 Å². The van der Waals surface area contributed by atoms with E-state index >= 15 is 0 Å². The molecule has 0 radical (unpaired) electrons. The summed E-state index contributed by atoms with van der Waals surface area (Å²) in [4.78, 5) is 10.3. The van der Waals surface area contributed by atoms with E-state index in [0.29, 0.717) is 5.46 Å². The van der Waals surface area contributed by atoms with Crippen molar-refractivity contribution in [2.24, 2.45) is 5.18 Å². The summed E-state index contributed by atoms with van der Waals surface area (Å²) in [7, 11) is -0.468. The zero-order valence-corrected chi connectivity index (χ0v) is 7.75. The van der Waals surface area contributed by atoms with Gasteiger partial charge in [0.25, 0.3) is 0 Å². The van der Waals surface area contributed by atoms with Gasteiger partial charge in [0, 0.05) is 0 Å². The molecule has 0 bridgehead atoms. The van der Waals surface area contributed by atoms with Crippen molar-refractivity contribution in [1.29, 1.82) is 0 Å². The molecule has 0 amide bonds. The molecule has 1 aromatic rings. The Morgan fingerprint density at radius 1 is 1.54 bits per heavy atom. The Kier molecular flexibility index (Phi) is 3.17. The van der Waals surface area contributed by atoms with Gasteiger partial charge in [0.15, 0.2) is 0 Å². The fourth-order valence-electron chi connectivity index (χ4n) is 1.35. The van der Waals surface area contributed by atoms with Crippen molar-refractivity contribution >= 4 is 13.0 Å². The summed E-state index contributed by atoms with van der Waals surface area (Å²) in [6.45, 7) is 3.58. The predicted molar refractivity (Wildman–Crippen MR) is 53.3 cm³/mol. The highest BCUT2D eigenvalue weighted by Crippen LogP contribution is 2.18. The van der Waals surface area contributed by atoms with Crippen LogP contribution in [0.15, 0.2) is 23.4 Å². The molecule has 0 spiro atoms. The Hall–Kier alpha value is -1.19. The predicted octanol–water partition coefficient (Wildman–Crippen LogP) is 1.77. The number of halogens is 1. The van der Waals surface area contributed by atoms with E-state index in [-0.39, 0.29) is 6.04 Å². The lowest BCUT2D eigenvalue weighted by Gasteiger charge is -2.07. The van der Waals surface area contributed by atoms with E-state index in [4.69, 9.17) is 0 Å². The second kappa shape index (κ2) is 4.17. The number of nitrogens with zero attached hydrogens (tertiary/aromatic N) is 1. The van der Waals surface area contributed by atoms with Gasteiger partial charge < -0.3 is 4.32 Å². The zero-order valence-electron chi connectivity index (χ0n) is 7.75. The molecule has 13 heavy (non-hydrogen) atoms. The Morgan fingerprint density at radius 3 is 2.69 bits per heavy atom. The van der Waals surface area contributed by atoms with Crippen LogP contribution in [-0.2, 0) is 0 Å². The molecule has 0 aromatic heterocycles. The first kappa shape index (κ1) is 9.90. The van der Waals surface area contributed by atoms with Crippen LogP contribution in [0, 0.1) is 11.8 Å². The van der Waals surface area contributed by atoms with Crippen LogP contribution < -0.4 is 5.46 Å². The summed E-state index contributed by atoms with van der Waals surface area (Å²) < 4.78 is 12.2. The van der Waals surface area contributed by atoms with Crippen molar-refractivity contribution in [3.05, 3.63) is 34.2 Å². The summed E-state index contributed by atoms with van der Waals surface area (Å²) in [6.07, 6.45) is 0. The smallest absolute Gasteiger partial charge is 0.335 e. The zero-order chi connectivity index (χ0) is 9.84. The normalized spacial score (nSPS) is 12.2. The Morgan fingerprint density at radius 2 is 2.23 bits per heavy atom. The van der Waals surface area contributed by atoms with Gasteiger partial charge in [-0.15, -0.1) is 0 Å². The third-order valence-electron chi connectivity index (χ3n) is 2.10. The fraction of sp³-hybridized carbons (Fsp3) is 0.333. The van der Waals surface area contributed by atoms with Gasteiger partial charge in [0.2, 0.25) is 0 Å². The third-order valence-corrected chi connectivity index (χ3v) is 2.10. The van der Waals surface area contributed by atoms with Crippen LogP contribution in [0.2, 0.25) is 0 Å². The molecule has 1 atom stereocenters. The lowest BCUT2D eigenvalue weighted by molar-refractivity contribution is 0.804. The molecule has 0 N–H and O–H groups in total. The van der Waals surface area contributed by atoms with Gasteiger partial charge in [-0.2, -0.15) is 4.91 Å². The summed E-state index contributed by atoms with van der Waals surface area (Å²) >= 11 is 0. The van der Waals surface area contributed by atoms with Gasteiger partial charge in [0.05, 0.1) is 0 Å².